The van der Waals surface area contributed by atoms with E-state index < -0.39 is 0 Å². The standard InChI is InChI=1S/C28H16ClN3O.C10H4Cl2N2O/c29-28-30-26(25-20-11-5-7-13-24(20)33-27(25)31-28)17-14-15-23-21(16-17)19-10-4-6-12-22(19)32(23)18-8-2-1-3-9-18;11-8-7-5-3-1-2-4-6(5)15-9(7)14-10(12)13-8/h1-16H;1-4H. The molecule has 0 spiro atoms. The largest absolute Gasteiger partial charge is 0.438 e. The van der Waals surface area contributed by atoms with Crippen molar-refractivity contribution in [2.45, 2.75) is 0 Å². The highest BCUT2D eigenvalue weighted by atomic mass is 35.5. The molecule has 0 aliphatic rings. The van der Waals surface area contributed by atoms with Crippen molar-refractivity contribution in [3.05, 3.63) is 137 Å². The summed E-state index contributed by atoms with van der Waals surface area (Å²) in [5, 5.41) is 6.37. The zero-order valence-corrected chi connectivity index (χ0v) is 27.0. The van der Waals surface area contributed by atoms with Crippen molar-refractivity contribution >= 4 is 101 Å². The van der Waals surface area contributed by atoms with Crippen LogP contribution < -0.4 is 0 Å². The fourth-order valence-electron chi connectivity index (χ4n) is 6.34. The molecular formula is C38H20Cl3N5O2. The van der Waals surface area contributed by atoms with Gasteiger partial charge in [-0.2, -0.15) is 9.97 Å². The van der Waals surface area contributed by atoms with E-state index in [1.54, 1.807) is 0 Å². The summed E-state index contributed by atoms with van der Waals surface area (Å²) in [6.07, 6.45) is 0. The van der Waals surface area contributed by atoms with Crippen LogP contribution >= 0.6 is 34.8 Å². The summed E-state index contributed by atoms with van der Waals surface area (Å²) in [6.45, 7) is 0. The van der Waals surface area contributed by atoms with Gasteiger partial charge in [0.05, 0.1) is 27.5 Å². The molecule has 5 aromatic carbocycles. The van der Waals surface area contributed by atoms with E-state index in [-0.39, 0.29) is 10.6 Å². The molecule has 5 heterocycles. The van der Waals surface area contributed by atoms with E-state index in [4.69, 9.17) is 43.6 Å². The second kappa shape index (κ2) is 11.3. The van der Waals surface area contributed by atoms with Crippen LogP contribution in [0.15, 0.2) is 130 Å². The smallest absolute Gasteiger partial charge is 0.233 e. The van der Waals surface area contributed by atoms with Crippen LogP contribution in [0.3, 0.4) is 0 Å². The maximum absolute atomic E-state index is 6.31. The highest BCUT2D eigenvalue weighted by Gasteiger charge is 2.19. The lowest BCUT2D eigenvalue weighted by molar-refractivity contribution is 0.652. The minimum Gasteiger partial charge on any atom is -0.438 e. The van der Waals surface area contributed by atoms with Gasteiger partial charge in [-0.1, -0.05) is 90.5 Å². The van der Waals surface area contributed by atoms with Crippen LogP contribution in [0.5, 0.6) is 0 Å². The zero-order chi connectivity index (χ0) is 32.4. The Balaban J connectivity index is 0.000000174. The maximum atomic E-state index is 6.31. The van der Waals surface area contributed by atoms with E-state index in [9.17, 15) is 0 Å². The molecule has 7 nitrogen and oxygen atoms in total. The first kappa shape index (κ1) is 28.7. The quantitative estimate of drug-likeness (QED) is 0.133. The lowest BCUT2D eigenvalue weighted by atomic mass is 10.0. The van der Waals surface area contributed by atoms with Gasteiger partial charge in [-0.3, -0.25) is 0 Å². The van der Waals surface area contributed by atoms with Crippen molar-refractivity contribution in [2.24, 2.45) is 0 Å². The van der Waals surface area contributed by atoms with E-state index >= 15 is 0 Å². The molecule has 230 valence electrons. The second-order valence-corrected chi connectivity index (χ2v) is 12.1. The molecule has 0 atom stereocenters. The molecule has 0 radical (unpaired) electrons. The summed E-state index contributed by atoms with van der Waals surface area (Å²) in [5.41, 5.74) is 7.59. The molecule has 0 saturated heterocycles. The molecule has 0 unspecified atom stereocenters. The molecule has 10 aromatic rings. The third-order valence-electron chi connectivity index (χ3n) is 8.34. The van der Waals surface area contributed by atoms with Crippen molar-refractivity contribution in [3.8, 4) is 16.9 Å². The lowest BCUT2D eigenvalue weighted by Crippen LogP contribution is -1.93. The summed E-state index contributed by atoms with van der Waals surface area (Å²) in [7, 11) is 0. The number of benzene rings is 5. The topological polar surface area (TPSA) is 82.8 Å². The molecule has 0 amide bonds. The van der Waals surface area contributed by atoms with Crippen molar-refractivity contribution < 1.29 is 8.83 Å². The number of hydrogen-bond acceptors (Lipinski definition) is 6. The Labute approximate surface area is 286 Å². The molecule has 48 heavy (non-hydrogen) atoms. The zero-order valence-electron chi connectivity index (χ0n) is 24.7. The summed E-state index contributed by atoms with van der Waals surface area (Å²) in [4.78, 5) is 16.8. The van der Waals surface area contributed by atoms with Crippen LogP contribution in [0.1, 0.15) is 0 Å². The van der Waals surface area contributed by atoms with Gasteiger partial charge in [0.2, 0.25) is 22.0 Å². The number of rotatable bonds is 2. The minimum atomic E-state index is 0.0894. The van der Waals surface area contributed by atoms with Crippen molar-refractivity contribution in [1.29, 1.82) is 0 Å². The van der Waals surface area contributed by atoms with E-state index in [1.807, 2.05) is 54.6 Å². The van der Waals surface area contributed by atoms with Crippen molar-refractivity contribution in [1.82, 2.24) is 24.5 Å². The van der Waals surface area contributed by atoms with Gasteiger partial charge < -0.3 is 13.4 Å². The van der Waals surface area contributed by atoms with Crippen LogP contribution in [0, 0.1) is 0 Å². The fourth-order valence-corrected chi connectivity index (χ4v) is 6.97. The number of hydrogen-bond donors (Lipinski definition) is 0. The molecular weight excluding hydrogens is 665 g/mol. The first-order valence-corrected chi connectivity index (χ1v) is 16.1. The van der Waals surface area contributed by atoms with Gasteiger partial charge in [0.25, 0.3) is 0 Å². The Hall–Kier alpha value is -5.47. The number of nitrogens with zero attached hydrogens (tertiary/aromatic N) is 5. The molecule has 0 saturated carbocycles. The van der Waals surface area contributed by atoms with Crippen LogP contribution in [-0.4, -0.2) is 24.5 Å². The van der Waals surface area contributed by atoms with Crippen molar-refractivity contribution in [2.75, 3.05) is 0 Å². The van der Waals surface area contributed by atoms with Crippen LogP contribution in [0.2, 0.25) is 15.7 Å². The van der Waals surface area contributed by atoms with Gasteiger partial charge in [0.15, 0.2) is 0 Å². The first-order chi connectivity index (χ1) is 23.5. The predicted molar refractivity (Wildman–Crippen MR) is 193 cm³/mol. The van der Waals surface area contributed by atoms with Gasteiger partial charge in [0, 0.05) is 32.8 Å². The van der Waals surface area contributed by atoms with E-state index in [0.717, 1.165) is 60.7 Å². The minimum absolute atomic E-state index is 0.0894. The van der Waals surface area contributed by atoms with Gasteiger partial charge in [0.1, 0.15) is 16.3 Å². The number of halogens is 3. The molecule has 0 fully saturated rings. The molecule has 0 aliphatic carbocycles. The molecule has 10 rings (SSSR count). The fraction of sp³-hybridized carbons (Fsp3) is 0. The van der Waals surface area contributed by atoms with Gasteiger partial charge >= 0.3 is 0 Å². The lowest BCUT2D eigenvalue weighted by Gasteiger charge is -2.08. The Morgan fingerprint density at radius 2 is 1.04 bits per heavy atom. The third-order valence-corrected chi connectivity index (χ3v) is 8.95. The second-order valence-electron chi connectivity index (χ2n) is 11.1. The normalized spacial score (nSPS) is 11.6. The highest BCUT2D eigenvalue weighted by Crippen LogP contribution is 2.39. The summed E-state index contributed by atoms with van der Waals surface area (Å²) in [5.74, 6) is 0. The SMILES string of the molecule is Clc1nc(-c2ccc3c(c2)c2ccccc2n3-c2ccccc2)c2c(n1)oc1ccccc12.Clc1nc(Cl)c2c(n1)oc1ccccc12. The van der Waals surface area contributed by atoms with Crippen molar-refractivity contribution in [3.63, 3.8) is 0 Å². The van der Waals surface area contributed by atoms with Gasteiger partial charge in [-0.25, -0.2) is 9.97 Å². The van der Waals surface area contributed by atoms with E-state index in [2.05, 4.69) is 91.2 Å². The number of aromatic nitrogens is 5. The Kier molecular flexibility index (Phi) is 6.79. The molecule has 0 N–H and O–H groups in total. The average Bonchev–Trinajstić information content (AvgIpc) is 3.77. The Morgan fingerprint density at radius 3 is 1.77 bits per heavy atom. The summed E-state index contributed by atoms with van der Waals surface area (Å²) >= 11 is 18.0. The van der Waals surface area contributed by atoms with Crippen LogP contribution in [0.25, 0.3) is 82.9 Å². The number of fused-ring (bicyclic) bond motifs is 9. The number of furan rings is 2. The molecule has 5 aromatic heterocycles. The summed E-state index contributed by atoms with van der Waals surface area (Å²) < 4.78 is 13.8. The molecule has 0 bridgehead atoms. The summed E-state index contributed by atoms with van der Waals surface area (Å²) in [6, 6.07) is 40.8. The molecule has 0 aliphatic heterocycles. The van der Waals surface area contributed by atoms with Gasteiger partial charge in [-0.15, -0.1) is 0 Å². The van der Waals surface area contributed by atoms with E-state index in [0.29, 0.717) is 22.0 Å². The molecule has 10 heteroatoms. The third kappa shape index (κ3) is 4.66. The first-order valence-electron chi connectivity index (χ1n) is 15.0. The maximum Gasteiger partial charge on any atom is 0.233 e. The van der Waals surface area contributed by atoms with E-state index in [1.165, 1.54) is 5.39 Å². The van der Waals surface area contributed by atoms with Gasteiger partial charge in [-0.05, 0) is 65.7 Å². The predicted octanol–water partition coefficient (Wildman–Crippen LogP) is 11.5. The van der Waals surface area contributed by atoms with Crippen LogP contribution in [0.4, 0.5) is 0 Å². The Bertz CT molecular complexity index is 2840. The number of para-hydroxylation sites is 4. The highest BCUT2D eigenvalue weighted by molar-refractivity contribution is 6.37. The monoisotopic (exact) mass is 683 g/mol. The Morgan fingerprint density at radius 1 is 0.479 bits per heavy atom. The van der Waals surface area contributed by atoms with Crippen LogP contribution in [-0.2, 0) is 0 Å². The average molecular weight is 685 g/mol.